The van der Waals surface area contributed by atoms with Gasteiger partial charge in [-0.15, -0.1) is 0 Å². The molecule has 0 saturated heterocycles. The zero-order chi connectivity index (χ0) is 22.0. The van der Waals surface area contributed by atoms with Crippen molar-refractivity contribution in [3.63, 3.8) is 0 Å². The molecule has 0 bridgehead atoms. The summed E-state index contributed by atoms with van der Waals surface area (Å²) in [6.07, 6.45) is 0.727. The number of hydrogen-bond acceptors (Lipinski definition) is 3. The molecule has 0 radical (unpaired) electrons. The molecule has 0 N–H and O–H groups in total. The molecule has 0 fully saturated rings. The molecule has 0 atom stereocenters. The van der Waals surface area contributed by atoms with E-state index < -0.39 is 10.0 Å². The molecule has 160 valence electrons. The highest BCUT2D eigenvalue weighted by Gasteiger charge is 2.31. The van der Waals surface area contributed by atoms with E-state index in [4.69, 9.17) is 23.2 Å². The van der Waals surface area contributed by atoms with Gasteiger partial charge in [0.2, 0.25) is 5.91 Å². The number of rotatable bonds is 5. The molecule has 1 heterocycles. The monoisotopic (exact) mass is 474 g/mol. The van der Waals surface area contributed by atoms with Crippen molar-refractivity contribution in [3.8, 4) is 0 Å². The van der Waals surface area contributed by atoms with E-state index in [1.54, 1.807) is 41.3 Å². The minimum Gasteiger partial charge on any atom is -0.336 e. The first-order chi connectivity index (χ1) is 14.9. The van der Waals surface area contributed by atoms with E-state index in [-0.39, 0.29) is 33.1 Å². The van der Waals surface area contributed by atoms with Crippen LogP contribution in [-0.4, -0.2) is 32.3 Å². The van der Waals surface area contributed by atoms with E-state index in [1.165, 1.54) is 17.7 Å². The van der Waals surface area contributed by atoms with Gasteiger partial charge in [0.1, 0.15) is 6.54 Å². The molecule has 0 spiro atoms. The minimum atomic E-state index is -4.04. The average molecular weight is 475 g/mol. The van der Waals surface area contributed by atoms with Crippen LogP contribution in [0, 0.1) is 0 Å². The summed E-state index contributed by atoms with van der Waals surface area (Å²) in [7, 11) is -4.04. The predicted octanol–water partition coefficient (Wildman–Crippen LogP) is 4.77. The Morgan fingerprint density at radius 3 is 2.32 bits per heavy atom. The number of amides is 1. The number of carbonyl (C=O) groups excluding carboxylic acids is 1. The summed E-state index contributed by atoms with van der Waals surface area (Å²) in [5.74, 6) is -0.301. The molecule has 0 saturated carbocycles. The number of fused-ring (bicyclic) bond motifs is 1. The SMILES string of the molecule is O=C(CN(c1cccc(Cl)c1Cl)S(=O)(=O)c1ccccc1)N1CCc2ccccc2C1. The third-order valence-corrected chi connectivity index (χ3v) is 7.88. The first-order valence-electron chi connectivity index (χ1n) is 9.74. The summed E-state index contributed by atoms with van der Waals surface area (Å²) in [6, 6.07) is 20.7. The summed E-state index contributed by atoms with van der Waals surface area (Å²) in [5, 5.41) is 0.298. The second kappa shape index (κ2) is 8.91. The van der Waals surface area contributed by atoms with Crippen LogP contribution in [0.4, 0.5) is 5.69 Å². The fourth-order valence-electron chi connectivity index (χ4n) is 3.64. The first kappa shape index (κ1) is 21.7. The summed E-state index contributed by atoms with van der Waals surface area (Å²) >= 11 is 12.5. The van der Waals surface area contributed by atoms with Gasteiger partial charge in [0.25, 0.3) is 10.0 Å². The maximum absolute atomic E-state index is 13.5. The van der Waals surface area contributed by atoms with Gasteiger partial charge in [-0.3, -0.25) is 9.10 Å². The van der Waals surface area contributed by atoms with Gasteiger partial charge in [-0.25, -0.2) is 8.42 Å². The summed E-state index contributed by atoms with van der Waals surface area (Å²) in [5.41, 5.74) is 2.45. The van der Waals surface area contributed by atoms with Gasteiger partial charge in [0, 0.05) is 13.1 Å². The average Bonchev–Trinajstić information content (AvgIpc) is 2.79. The van der Waals surface area contributed by atoms with Crippen molar-refractivity contribution in [3.05, 3.63) is 94.0 Å². The van der Waals surface area contributed by atoms with Crippen LogP contribution in [0.2, 0.25) is 10.0 Å². The van der Waals surface area contributed by atoms with Crippen LogP contribution in [0.15, 0.2) is 77.7 Å². The van der Waals surface area contributed by atoms with Crippen LogP contribution in [-0.2, 0) is 27.8 Å². The lowest BCUT2D eigenvalue weighted by Gasteiger charge is -2.32. The van der Waals surface area contributed by atoms with E-state index in [0.29, 0.717) is 13.1 Å². The molecule has 3 aromatic rings. The quantitative estimate of drug-likeness (QED) is 0.534. The zero-order valence-electron chi connectivity index (χ0n) is 16.5. The van der Waals surface area contributed by atoms with Crippen LogP contribution < -0.4 is 4.31 Å². The van der Waals surface area contributed by atoms with Gasteiger partial charge >= 0.3 is 0 Å². The number of hydrogen-bond donors (Lipinski definition) is 0. The van der Waals surface area contributed by atoms with E-state index >= 15 is 0 Å². The number of halogens is 2. The van der Waals surface area contributed by atoms with Crippen LogP contribution in [0.5, 0.6) is 0 Å². The third-order valence-electron chi connectivity index (χ3n) is 5.29. The summed E-state index contributed by atoms with van der Waals surface area (Å²) < 4.78 is 28.0. The van der Waals surface area contributed by atoms with Gasteiger partial charge in [0.15, 0.2) is 0 Å². The Morgan fingerprint density at radius 1 is 0.903 bits per heavy atom. The van der Waals surface area contributed by atoms with E-state index in [2.05, 4.69) is 6.07 Å². The Hall–Kier alpha value is -2.54. The number of nitrogens with zero attached hydrogens (tertiary/aromatic N) is 2. The summed E-state index contributed by atoms with van der Waals surface area (Å²) in [4.78, 5) is 15.0. The molecule has 1 aliphatic rings. The fraction of sp³-hybridized carbons (Fsp3) is 0.174. The third kappa shape index (κ3) is 4.42. The van der Waals surface area contributed by atoms with Crippen molar-refractivity contribution in [1.29, 1.82) is 0 Å². The van der Waals surface area contributed by atoms with Crippen molar-refractivity contribution in [1.82, 2.24) is 4.90 Å². The highest BCUT2D eigenvalue weighted by molar-refractivity contribution is 7.92. The molecule has 1 aliphatic heterocycles. The van der Waals surface area contributed by atoms with E-state index in [9.17, 15) is 13.2 Å². The largest absolute Gasteiger partial charge is 0.336 e. The Balaban J connectivity index is 1.69. The number of sulfonamides is 1. The summed E-state index contributed by atoms with van der Waals surface area (Å²) in [6.45, 7) is 0.593. The topological polar surface area (TPSA) is 57.7 Å². The van der Waals surface area contributed by atoms with E-state index in [1.807, 2.05) is 18.2 Å². The molecular formula is C23H20Cl2N2O3S. The number of carbonyl (C=O) groups is 1. The van der Waals surface area contributed by atoms with Crippen molar-refractivity contribution < 1.29 is 13.2 Å². The molecule has 8 heteroatoms. The zero-order valence-corrected chi connectivity index (χ0v) is 18.9. The van der Waals surface area contributed by atoms with Gasteiger partial charge in [-0.2, -0.15) is 0 Å². The Bertz CT molecular complexity index is 1220. The maximum Gasteiger partial charge on any atom is 0.264 e. The molecule has 1 amide bonds. The Morgan fingerprint density at radius 2 is 1.58 bits per heavy atom. The molecule has 0 unspecified atom stereocenters. The number of benzene rings is 3. The lowest BCUT2D eigenvalue weighted by atomic mass is 10.00. The lowest BCUT2D eigenvalue weighted by molar-refractivity contribution is -0.130. The first-order valence-corrected chi connectivity index (χ1v) is 11.9. The van der Waals surface area contributed by atoms with E-state index in [0.717, 1.165) is 16.3 Å². The highest BCUT2D eigenvalue weighted by atomic mass is 35.5. The fourth-order valence-corrected chi connectivity index (χ4v) is 5.53. The lowest BCUT2D eigenvalue weighted by Crippen LogP contribution is -2.44. The maximum atomic E-state index is 13.5. The van der Waals surface area contributed by atoms with Crippen LogP contribution >= 0.6 is 23.2 Å². The van der Waals surface area contributed by atoms with Crippen molar-refractivity contribution in [2.24, 2.45) is 0 Å². The van der Waals surface area contributed by atoms with Gasteiger partial charge < -0.3 is 4.90 Å². The molecular weight excluding hydrogens is 455 g/mol. The molecule has 0 aromatic heterocycles. The molecule has 31 heavy (non-hydrogen) atoms. The van der Waals surface area contributed by atoms with Crippen molar-refractivity contribution in [2.45, 2.75) is 17.9 Å². The Labute approximate surface area is 191 Å². The molecule has 3 aromatic carbocycles. The van der Waals surface area contributed by atoms with Gasteiger partial charge in [-0.05, 0) is 41.8 Å². The Kier molecular flexibility index (Phi) is 6.23. The standard InChI is InChI=1S/C23H20Cl2N2O3S/c24-20-11-6-12-21(23(20)25)27(31(29,30)19-9-2-1-3-10-19)16-22(28)26-14-13-17-7-4-5-8-18(17)15-26/h1-12H,13-16H2. The smallest absolute Gasteiger partial charge is 0.264 e. The number of anilines is 1. The minimum absolute atomic E-state index is 0.0721. The van der Waals surface area contributed by atoms with Gasteiger partial charge in [0.05, 0.1) is 20.6 Å². The van der Waals surface area contributed by atoms with Crippen LogP contribution in [0.1, 0.15) is 11.1 Å². The molecule has 5 nitrogen and oxygen atoms in total. The predicted molar refractivity (Wildman–Crippen MR) is 123 cm³/mol. The van der Waals surface area contributed by atoms with Crippen molar-refractivity contribution in [2.75, 3.05) is 17.4 Å². The van der Waals surface area contributed by atoms with Crippen LogP contribution in [0.3, 0.4) is 0 Å². The van der Waals surface area contributed by atoms with Crippen LogP contribution in [0.25, 0.3) is 0 Å². The van der Waals surface area contributed by atoms with Crippen molar-refractivity contribution >= 4 is 44.8 Å². The highest BCUT2D eigenvalue weighted by Crippen LogP contribution is 2.35. The second-order valence-electron chi connectivity index (χ2n) is 7.23. The van der Waals surface area contributed by atoms with Gasteiger partial charge in [-0.1, -0.05) is 71.7 Å². The normalized spacial score (nSPS) is 13.5. The molecule has 4 rings (SSSR count). The second-order valence-corrected chi connectivity index (χ2v) is 9.88. The molecule has 0 aliphatic carbocycles.